The van der Waals surface area contributed by atoms with Crippen LogP contribution in [0.3, 0.4) is 0 Å². The van der Waals surface area contributed by atoms with Gasteiger partial charge in [0.15, 0.2) is 0 Å². The molecule has 0 heterocycles. The number of hydrogen-bond acceptors (Lipinski definition) is 3. The summed E-state index contributed by atoms with van der Waals surface area (Å²) in [6.45, 7) is 3.39. The van der Waals surface area contributed by atoms with E-state index >= 15 is 0 Å². The van der Waals surface area contributed by atoms with Crippen molar-refractivity contribution >= 4 is 23.4 Å². The lowest BCUT2D eigenvalue weighted by Crippen LogP contribution is -2.26. The zero-order valence-corrected chi connectivity index (χ0v) is 11.8. The minimum atomic E-state index is -0.0229. The fraction of sp³-hybridized carbons (Fsp3) is 0.500. The SMILES string of the molecule is CSC1(CNCc2ccccc2NC(C)=O)CC1. The summed E-state index contributed by atoms with van der Waals surface area (Å²) in [6.07, 6.45) is 4.81. The Hall–Kier alpha value is -1.00. The van der Waals surface area contributed by atoms with Crippen molar-refractivity contribution in [3.05, 3.63) is 29.8 Å². The molecule has 3 nitrogen and oxygen atoms in total. The Morgan fingerprint density at radius 3 is 2.72 bits per heavy atom. The second-order valence-electron chi connectivity index (χ2n) is 4.83. The predicted octanol–water partition coefficient (Wildman–Crippen LogP) is 2.63. The van der Waals surface area contributed by atoms with Crippen LogP contribution in [0, 0.1) is 0 Å². The van der Waals surface area contributed by atoms with Gasteiger partial charge >= 0.3 is 0 Å². The Balaban J connectivity index is 1.90. The maximum absolute atomic E-state index is 11.1. The Morgan fingerprint density at radius 2 is 2.11 bits per heavy atom. The summed E-state index contributed by atoms with van der Waals surface area (Å²) < 4.78 is 0.475. The van der Waals surface area contributed by atoms with E-state index in [1.54, 1.807) is 0 Å². The van der Waals surface area contributed by atoms with Crippen molar-refractivity contribution in [3.8, 4) is 0 Å². The van der Waals surface area contributed by atoms with Gasteiger partial charge in [0, 0.05) is 30.4 Å². The number of nitrogens with one attached hydrogen (secondary N) is 2. The zero-order chi connectivity index (χ0) is 13.0. The molecule has 1 fully saturated rings. The van der Waals surface area contributed by atoms with E-state index in [4.69, 9.17) is 0 Å². The van der Waals surface area contributed by atoms with Gasteiger partial charge in [-0.2, -0.15) is 11.8 Å². The first-order valence-corrected chi connectivity index (χ1v) is 7.49. The van der Waals surface area contributed by atoms with Crippen LogP contribution >= 0.6 is 11.8 Å². The van der Waals surface area contributed by atoms with Crippen LogP contribution in [0.25, 0.3) is 0 Å². The van der Waals surface area contributed by atoms with Crippen LogP contribution in [-0.2, 0) is 11.3 Å². The number of benzene rings is 1. The molecular weight excluding hydrogens is 244 g/mol. The Labute approximate surface area is 113 Å². The lowest BCUT2D eigenvalue weighted by Gasteiger charge is -2.15. The molecule has 1 saturated carbocycles. The highest BCUT2D eigenvalue weighted by Gasteiger charge is 2.41. The smallest absolute Gasteiger partial charge is 0.221 e. The molecule has 0 spiro atoms. The minimum Gasteiger partial charge on any atom is -0.326 e. The van der Waals surface area contributed by atoms with Crippen molar-refractivity contribution in [2.24, 2.45) is 0 Å². The zero-order valence-electron chi connectivity index (χ0n) is 11.0. The molecule has 1 amide bonds. The van der Waals surface area contributed by atoms with Crippen molar-refractivity contribution < 1.29 is 4.79 Å². The fourth-order valence-corrected chi connectivity index (χ4v) is 2.76. The molecule has 0 saturated heterocycles. The molecule has 1 aliphatic carbocycles. The molecule has 1 aliphatic rings. The van der Waals surface area contributed by atoms with Gasteiger partial charge in [0.2, 0.25) is 5.91 Å². The maximum atomic E-state index is 11.1. The van der Waals surface area contributed by atoms with Crippen molar-refractivity contribution in [1.82, 2.24) is 5.32 Å². The second-order valence-corrected chi connectivity index (χ2v) is 6.10. The van der Waals surface area contributed by atoms with Crippen molar-refractivity contribution in [3.63, 3.8) is 0 Å². The van der Waals surface area contributed by atoms with Crippen LogP contribution in [0.5, 0.6) is 0 Å². The molecule has 1 aromatic rings. The molecule has 4 heteroatoms. The van der Waals surface area contributed by atoms with Gasteiger partial charge in [-0.25, -0.2) is 0 Å². The van der Waals surface area contributed by atoms with Crippen molar-refractivity contribution in [2.75, 3.05) is 18.1 Å². The van der Waals surface area contributed by atoms with Crippen LogP contribution < -0.4 is 10.6 Å². The number of hydrogen-bond donors (Lipinski definition) is 2. The van der Waals surface area contributed by atoms with Gasteiger partial charge in [0.1, 0.15) is 0 Å². The highest BCUT2D eigenvalue weighted by Crippen LogP contribution is 2.46. The van der Waals surface area contributed by atoms with E-state index in [0.717, 1.165) is 24.3 Å². The van der Waals surface area contributed by atoms with Gasteiger partial charge in [-0.3, -0.25) is 4.79 Å². The maximum Gasteiger partial charge on any atom is 0.221 e. The molecule has 0 unspecified atom stereocenters. The summed E-state index contributed by atoms with van der Waals surface area (Å²) in [5.41, 5.74) is 2.05. The van der Waals surface area contributed by atoms with Crippen LogP contribution in [0.1, 0.15) is 25.3 Å². The minimum absolute atomic E-state index is 0.0229. The predicted molar refractivity (Wildman–Crippen MR) is 77.9 cm³/mol. The van der Waals surface area contributed by atoms with E-state index in [-0.39, 0.29) is 5.91 Å². The van der Waals surface area contributed by atoms with Crippen molar-refractivity contribution in [2.45, 2.75) is 31.1 Å². The highest BCUT2D eigenvalue weighted by atomic mass is 32.2. The fourth-order valence-electron chi connectivity index (χ4n) is 2.00. The van der Waals surface area contributed by atoms with Gasteiger partial charge in [-0.1, -0.05) is 18.2 Å². The molecule has 18 heavy (non-hydrogen) atoms. The van der Waals surface area contributed by atoms with E-state index in [2.05, 4.69) is 23.0 Å². The number of thioether (sulfide) groups is 1. The van der Waals surface area contributed by atoms with Crippen molar-refractivity contribution in [1.29, 1.82) is 0 Å². The third kappa shape index (κ3) is 3.50. The third-order valence-electron chi connectivity index (χ3n) is 3.33. The van der Waals surface area contributed by atoms with Gasteiger partial charge in [0.05, 0.1) is 0 Å². The van der Waals surface area contributed by atoms with Crippen LogP contribution in [0.4, 0.5) is 5.69 Å². The summed E-state index contributed by atoms with van der Waals surface area (Å²) in [7, 11) is 0. The Kier molecular flexibility index (Phi) is 4.30. The second kappa shape index (κ2) is 5.76. The number of carbonyl (C=O) groups is 1. The van der Waals surface area contributed by atoms with Crippen LogP contribution in [-0.4, -0.2) is 23.5 Å². The summed E-state index contributed by atoms with van der Waals surface area (Å²) >= 11 is 1.96. The summed E-state index contributed by atoms with van der Waals surface area (Å²) in [4.78, 5) is 11.1. The van der Waals surface area contributed by atoms with Crippen LogP contribution in [0.15, 0.2) is 24.3 Å². The molecule has 2 rings (SSSR count). The number of rotatable bonds is 6. The third-order valence-corrected chi connectivity index (χ3v) is 4.75. The van der Waals surface area contributed by atoms with Gasteiger partial charge < -0.3 is 10.6 Å². The monoisotopic (exact) mass is 264 g/mol. The first kappa shape index (κ1) is 13.4. The van der Waals surface area contributed by atoms with Gasteiger partial charge in [-0.15, -0.1) is 0 Å². The number of anilines is 1. The molecule has 0 aromatic heterocycles. The van der Waals surface area contributed by atoms with E-state index in [9.17, 15) is 4.79 Å². The summed E-state index contributed by atoms with van der Waals surface area (Å²) in [6, 6.07) is 7.94. The number of amides is 1. The average Bonchev–Trinajstić information content (AvgIpc) is 3.11. The molecule has 0 bridgehead atoms. The standard InChI is InChI=1S/C14H20N2OS/c1-11(17)16-13-6-4-3-5-12(13)9-15-10-14(18-2)7-8-14/h3-6,15H,7-10H2,1-2H3,(H,16,17). The molecule has 2 N–H and O–H groups in total. The molecule has 1 aromatic carbocycles. The molecule has 0 atom stereocenters. The summed E-state index contributed by atoms with van der Waals surface area (Å²) in [5.74, 6) is -0.0229. The van der Waals surface area contributed by atoms with E-state index in [0.29, 0.717) is 4.75 Å². The summed E-state index contributed by atoms with van der Waals surface area (Å²) in [5, 5.41) is 6.36. The molecule has 0 aliphatic heterocycles. The average molecular weight is 264 g/mol. The van der Waals surface area contributed by atoms with Crippen LogP contribution in [0.2, 0.25) is 0 Å². The lowest BCUT2D eigenvalue weighted by atomic mass is 10.1. The molecular formula is C14H20N2OS. The first-order chi connectivity index (χ1) is 8.65. The van der Waals surface area contributed by atoms with Gasteiger partial charge in [0.25, 0.3) is 0 Å². The van der Waals surface area contributed by atoms with Gasteiger partial charge in [-0.05, 0) is 30.7 Å². The first-order valence-electron chi connectivity index (χ1n) is 6.27. The van der Waals surface area contributed by atoms with E-state index in [1.165, 1.54) is 19.8 Å². The lowest BCUT2D eigenvalue weighted by molar-refractivity contribution is -0.114. The van der Waals surface area contributed by atoms with E-state index < -0.39 is 0 Å². The largest absolute Gasteiger partial charge is 0.326 e. The Morgan fingerprint density at radius 1 is 1.39 bits per heavy atom. The highest BCUT2D eigenvalue weighted by molar-refractivity contribution is 8.00. The quantitative estimate of drug-likeness (QED) is 0.830. The topological polar surface area (TPSA) is 41.1 Å². The van der Waals surface area contributed by atoms with E-state index in [1.807, 2.05) is 30.0 Å². The molecule has 0 radical (unpaired) electrons. The molecule has 98 valence electrons. The number of para-hydroxylation sites is 1. The number of carbonyl (C=O) groups excluding carboxylic acids is 1. The Bertz CT molecular complexity index is 430. The normalized spacial score (nSPS) is 16.3.